The third kappa shape index (κ3) is 4.66. The van der Waals surface area contributed by atoms with Gasteiger partial charge in [0.15, 0.2) is 6.61 Å². The first-order valence-electron chi connectivity index (χ1n) is 10.3. The van der Waals surface area contributed by atoms with Crippen LogP contribution in [0.4, 0.5) is 5.69 Å². The lowest BCUT2D eigenvalue weighted by atomic mass is 9.49. The van der Waals surface area contributed by atoms with Crippen molar-refractivity contribution in [1.29, 1.82) is 0 Å². The predicted octanol–water partition coefficient (Wildman–Crippen LogP) is 3.48. The molecule has 4 aliphatic rings. The number of non-ortho nitro benzene ring substituents is 1. The van der Waals surface area contributed by atoms with Crippen LogP contribution in [0.15, 0.2) is 30.3 Å². The number of carbonyl (C=O) groups excluding carboxylic acids is 2. The summed E-state index contributed by atoms with van der Waals surface area (Å²) in [6.45, 7) is 0.390. The van der Waals surface area contributed by atoms with E-state index < -0.39 is 10.9 Å². The molecule has 0 aromatic heterocycles. The SMILES string of the molecule is O=C(COC(=O)/C=C/c1ccc([N+](=O)[O-])cc1)NCC12CC3CC(CC(C3)C1)C2. The first-order valence-corrected chi connectivity index (χ1v) is 10.3. The van der Waals surface area contributed by atoms with Crippen molar-refractivity contribution in [2.45, 2.75) is 38.5 Å². The van der Waals surface area contributed by atoms with Gasteiger partial charge in [0.25, 0.3) is 11.6 Å². The van der Waals surface area contributed by atoms with Gasteiger partial charge < -0.3 is 10.1 Å². The number of rotatable bonds is 7. The first kappa shape index (κ1) is 19.6. The van der Waals surface area contributed by atoms with Gasteiger partial charge >= 0.3 is 5.97 Å². The van der Waals surface area contributed by atoms with E-state index in [4.69, 9.17) is 4.74 Å². The number of carbonyl (C=O) groups is 2. The Morgan fingerprint density at radius 1 is 1.10 bits per heavy atom. The Labute approximate surface area is 169 Å². The van der Waals surface area contributed by atoms with Crippen LogP contribution in [-0.4, -0.2) is 30.0 Å². The lowest BCUT2D eigenvalue weighted by molar-refractivity contribution is -0.384. The van der Waals surface area contributed by atoms with Gasteiger partial charge in [0.1, 0.15) is 0 Å². The van der Waals surface area contributed by atoms with Crippen LogP contribution >= 0.6 is 0 Å². The van der Waals surface area contributed by atoms with E-state index in [0.29, 0.717) is 12.1 Å². The molecule has 154 valence electrons. The molecule has 1 N–H and O–H groups in total. The van der Waals surface area contributed by atoms with E-state index in [1.165, 1.54) is 62.8 Å². The molecule has 0 atom stereocenters. The molecule has 1 amide bonds. The molecule has 7 heteroatoms. The molecule has 4 fully saturated rings. The zero-order chi connectivity index (χ0) is 20.4. The fourth-order valence-electron chi connectivity index (χ4n) is 5.90. The highest BCUT2D eigenvalue weighted by Crippen LogP contribution is 2.59. The molecule has 0 heterocycles. The highest BCUT2D eigenvalue weighted by molar-refractivity contribution is 5.89. The van der Waals surface area contributed by atoms with Crippen molar-refractivity contribution in [3.63, 3.8) is 0 Å². The maximum atomic E-state index is 12.1. The predicted molar refractivity (Wildman–Crippen MR) is 107 cm³/mol. The van der Waals surface area contributed by atoms with Crippen LogP contribution in [0.1, 0.15) is 44.1 Å². The van der Waals surface area contributed by atoms with E-state index in [0.717, 1.165) is 17.8 Å². The molecule has 4 saturated carbocycles. The van der Waals surface area contributed by atoms with Crippen LogP contribution in [0, 0.1) is 33.3 Å². The van der Waals surface area contributed by atoms with E-state index >= 15 is 0 Å². The molecule has 1 aromatic carbocycles. The third-order valence-electron chi connectivity index (χ3n) is 6.69. The molecule has 0 unspecified atom stereocenters. The standard InChI is InChI=1S/C22H26N2O5/c25-20(23-14-22-10-16-7-17(11-22)9-18(8-16)12-22)13-29-21(26)6-3-15-1-4-19(5-2-15)24(27)28/h1-6,16-18H,7-14H2,(H,23,25)/b6-3+. The van der Waals surface area contributed by atoms with Crippen molar-refractivity contribution < 1.29 is 19.2 Å². The molecule has 0 spiro atoms. The Bertz CT molecular complexity index is 795. The summed E-state index contributed by atoms with van der Waals surface area (Å²) in [5, 5.41) is 13.6. The van der Waals surface area contributed by atoms with Gasteiger partial charge in [-0.15, -0.1) is 0 Å². The summed E-state index contributed by atoms with van der Waals surface area (Å²) >= 11 is 0. The number of nitro groups is 1. The van der Waals surface area contributed by atoms with Crippen molar-refractivity contribution in [2.24, 2.45) is 23.2 Å². The van der Waals surface area contributed by atoms with Gasteiger partial charge in [-0.3, -0.25) is 14.9 Å². The molecule has 0 saturated heterocycles. The summed E-state index contributed by atoms with van der Waals surface area (Å²) in [5.74, 6) is 1.62. The van der Waals surface area contributed by atoms with Crippen molar-refractivity contribution in [2.75, 3.05) is 13.2 Å². The fraction of sp³-hybridized carbons (Fsp3) is 0.545. The molecule has 1 aromatic rings. The van der Waals surface area contributed by atoms with Crippen LogP contribution in [0.25, 0.3) is 6.08 Å². The van der Waals surface area contributed by atoms with E-state index in [2.05, 4.69) is 5.32 Å². The highest BCUT2D eigenvalue weighted by Gasteiger charge is 2.50. The number of nitro benzene ring substituents is 1. The van der Waals surface area contributed by atoms with E-state index in [9.17, 15) is 19.7 Å². The lowest BCUT2D eigenvalue weighted by Gasteiger charge is -2.56. The average Bonchev–Trinajstić information content (AvgIpc) is 2.68. The summed E-state index contributed by atoms with van der Waals surface area (Å²) in [6.07, 6.45) is 10.5. The normalized spacial score (nSPS) is 29.7. The molecule has 0 radical (unpaired) electrons. The number of nitrogens with zero attached hydrogens (tertiary/aromatic N) is 1. The monoisotopic (exact) mass is 398 g/mol. The number of nitrogens with one attached hydrogen (secondary N) is 1. The summed E-state index contributed by atoms with van der Waals surface area (Å²) < 4.78 is 5.01. The molecule has 4 aliphatic carbocycles. The number of ether oxygens (including phenoxy) is 1. The van der Waals surface area contributed by atoms with Crippen molar-refractivity contribution in [3.8, 4) is 0 Å². The largest absolute Gasteiger partial charge is 0.452 e. The smallest absolute Gasteiger partial charge is 0.331 e. The van der Waals surface area contributed by atoms with Gasteiger partial charge in [-0.1, -0.05) is 0 Å². The Morgan fingerprint density at radius 3 is 2.24 bits per heavy atom. The Morgan fingerprint density at radius 2 is 1.69 bits per heavy atom. The van der Waals surface area contributed by atoms with E-state index in [1.807, 2.05) is 0 Å². The van der Waals surface area contributed by atoms with Crippen molar-refractivity contribution in [1.82, 2.24) is 5.32 Å². The average molecular weight is 398 g/mol. The van der Waals surface area contributed by atoms with Gasteiger partial charge in [0.05, 0.1) is 4.92 Å². The van der Waals surface area contributed by atoms with Crippen molar-refractivity contribution >= 4 is 23.6 Å². The van der Waals surface area contributed by atoms with Gasteiger partial charge in [0, 0.05) is 24.8 Å². The van der Waals surface area contributed by atoms with Gasteiger partial charge in [-0.25, -0.2) is 4.79 Å². The first-order chi connectivity index (χ1) is 13.9. The minimum absolute atomic E-state index is 0.0135. The number of benzene rings is 1. The molecule has 4 bridgehead atoms. The summed E-state index contributed by atoms with van der Waals surface area (Å²) in [7, 11) is 0. The highest BCUT2D eigenvalue weighted by atomic mass is 16.6. The van der Waals surface area contributed by atoms with E-state index in [1.54, 1.807) is 12.1 Å². The minimum Gasteiger partial charge on any atom is -0.452 e. The third-order valence-corrected chi connectivity index (χ3v) is 6.69. The zero-order valence-electron chi connectivity index (χ0n) is 16.3. The molecular formula is C22H26N2O5. The Kier molecular flexibility index (Phi) is 5.39. The quantitative estimate of drug-likeness (QED) is 0.328. The summed E-state index contributed by atoms with van der Waals surface area (Å²) in [5.41, 5.74) is 0.879. The van der Waals surface area contributed by atoms with Gasteiger partial charge in [0.2, 0.25) is 0 Å². The van der Waals surface area contributed by atoms with Crippen molar-refractivity contribution in [3.05, 3.63) is 46.0 Å². The minimum atomic E-state index is -0.617. The second-order valence-corrected chi connectivity index (χ2v) is 8.98. The number of esters is 1. The summed E-state index contributed by atoms with van der Waals surface area (Å²) in [6, 6.07) is 5.81. The van der Waals surface area contributed by atoms with E-state index in [-0.39, 0.29) is 23.6 Å². The molecule has 7 nitrogen and oxygen atoms in total. The zero-order valence-corrected chi connectivity index (χ0v) is 16.3. The molecule has 29 heavy (non-hydrogen) atoms. The van der Waals surface area contributed by atoms with Gasteiger partial charge in [-0.2, -0.15) is 0 Å². The number of hydrogen-bond donors (Lipinski definition) is 1. The maximum Gasteiger partial charge on any atom is 0.331 e. The molecule has 5 rings (SSSR count). The van der Waals surface area contributed by atoms with Crippen LogP contribution < -0.4 is 5.32 Å². The van der Waals surface area contributed by atoms with Crippen LogP contribution in [0.3, 0.4) is 0 Å². The molecule has 0 aliphatic heterocycles. The van der Waals surface area contributed by atoms with Crippen LogP contribution in [-0.2, 0) is 14.3 Å². The Balaban J connectivity index is 1.20. The maximum absolute atomic E-state index is 12.1. The van der Waals surface area contributed by atoms with Gasteiger partial charge in [-0.05, 0) is 85.5 Å². The molecular weight excluding hydrogens is 372 g/mol. The fourth-order valence-corrected chi connectivity index (χ4v) is 5.90. The van der Waals surface area contributed by atoms with Crippen LogP contribution in [0.5, 0.6) is 0 Å². The Hall–Kier alpha value is -2.70. The summed E-state index contributed by atoms with van der Waals surface area (Å²) in [4.78, 5) is 34.1. The number of hydrogen-bond acceptors (Lipinski definition) is 5. The number of amides is 1. The topological polar surface area (TPSA) is 98.5 Å². The lowest BCUT2D eigenvalue weighted by Crippen LogP contribution is -2.51. The second kappa shape index (κ2) is 7.97. The second-order valence-electron chi connectivity index (χ2n) is 8.98. The van der Waals surface area contributed by atoms with Crippen LogP contribution in [0.2, 0.25) is 0 Å².